The van der Waals surface area contributed by atoms with Crippen molar-refractivity contribution in [1.29, 1.82) is 0 Å². The first-order valence-electron chi connectivity index (χ1n) is 5.55. The van der Waals surface area contributed by atoms with Crippen molar-refractivity contribution >= 4 is 5.97 Å². The van der Waals surface area contributed by atoms with Gasteiger partial charge in [0, 0.05) is 20.2 Å². The van der Waals surface area contributed by atoms with Crippen molar-refractivity contribution in [2.24, 2.45) is 0 Å². The van der Waals surface area contributed by atoms with Gasteiger partial charge < -0.3 is 9.64 Å². The summed E-state index contributed by atoms with van der Waals surface area (Å²) in [4.78, 5) is 13.0. The van der Waals surface area contributed by atoms with Crippen molar-refractivity contribution in [3.8, 4) is 0 Å². The normalized spacial score (nSPS) is 19.1. The molecule has 1 aromatic carbocycles. The number of nitrogens with zero attached hydrogens (tertiary/aromatic N) is 1. The van der Waals surface area contributed by atoms with Crippen molar-refractivity contribution in [3.05, 3.63) is 47.2 Å². The van der Waals surface area contributed by atoms with Gasteiger partial charge in [0.15, 0.2) is 6.10 Å². The van der Waals surface area contributed by atoms with Crippen molar-refractivity contribution in [2.75, 3.05) is 14.1 Å². The van der Waals surface area contributed by atoms with Crippen molar-refractivity contribution < 1.29 is 22.7 Å². The van der Waals surface area contributed by atoms with Crippen LogP contribution in [0.3, 0.4) is 0 Å². The minimum absolute atomic E-state index is 0.492. The van der Waals surface area contributed by atoms with E-state index in [0.717, 1.165) is 12.1 Å². The van der Waals surface area contributed by atoms with Crippen LogP contribution in [0.15, 0.2) is 36.0 Å². The molecule has 0 saturated carbocycles. The lowest BCUT2D eigenvalue weighted by Gasteiger charge is -2.21. The summed E-state index contributed by atoms with van der Waals surface area (Å²) in [6.07, 6.45) is -3.68. The van der Waals surface area contributed by atoms with Crippen molar-refractivity contribution in [3.63, 3.8) is 0 Å². The molecule has 0 spiro atoms. The molecule has 0 saturated heterocycles. The summed E-state index contributed by atoms with van der Waals surface area (Å²) >= 11 is 0. The predicted molar refractivity (Wildman–Crippen MR) is 62.0 cm³/mol. The average molecular weight is 271 g/mol. The van der Waals surface area contributed by atoms with E-state index in [1.165, 1.54) is 18.2 Å². The Balaban J connectivity index is 2.28. The van der Waals surface area contributed by atoms with Crippen LogP contribution in [-0.4, -0.2) is 25.0 Å². The van der Waals surface area contributed by atoms with Crippen LogP contribution in [0, 0.1) is 0 Å². The number of carbonyl (C=O) groups is 1. The van der Waals surface area contributed by atoms with Gasteiger partial charge in [-0.3, -0.25) is 0 Å². The van der Waals surface area contributed by atoms with Gasteiger partial charge in [-0.15, -0.1) is 0 Å². The Morgan fingerprint density at radius 2 is 1.74 bits per heavy atom. The lowest BCUT2D eigenvalue weighted by atomic mass is 10.0. The van der Waals surface area contributed by atoms with E-state index in [-0.39, 0.29) is 0 Å². The van der Waals surface area contributed by atoms with E-state index in [9.17, 15) is 18.0 Å². The largest absolute Gasteiger partial charge is 0.448 e. The van der Waals surface area contributed by atoms with Gasteiger partial charge in [0.25, 0.3) is 0 Å². The standard InChI is InChI=1S/C13H12F3NO2/c1-17(2)10-7-11(18)19-12(10)8-3-5-9(6-4-8)13(14,15)16/h3-7,12H,1-2H3. The Morgan fingerprint density at radius 3 is 2.21 bits per heavy atom. The highest BCUT2D eigenvalue weighted by Gasteiger charge is 2.32. The van der Waals surface area contributed by atoms with Crippen molar-refractivity contribution in [1.82, 2.24) is 4.90 Å². The maximum Gasteiger partial charge on any atom is 0.416 e. The first-order chi connectivity index (χ1) is 8.79. The molecule has 0 amide bonds. The molecule has 2 rings (SSSR count). The smallest absolute Gasteiger partial charge is 0.416 e. The number of esters is 1. The molecule has 0 radical (unpaired) electrons. The minimum atomic E-state index is -4.37. The van der Waals surface area contributed by atoms with Crippen LogP contribution in [0.4, 0.5) is 13.2 Å². The van der Waals surface area contributed by atoms with E-state index in [1.807, 2.05) is 0 Å². The summed E-state index contributed by atoms with van der Waals surface area (Å²) in [6, 6.07) is 4.61. The molecular formula is C13H12F3NO2. The van der Waals surface area contributed by atoms with E-state index in [1.54, 1.807) is 19.0 Å². The predicted octanol–water partition coefficient (Wildman–Crippen LogP) is 2.75. The van der Waals surface area contributed by atoms with Crippen molar-refractivity contribution in [2.45, 2.75) is 12.3 Å². The molecule has 0 fully saturated rings. The molecule has 3 nitrogen and oxygen atoms in total. The van der Waals surface area contributed by atoms with Gasteiger partial charge in [-0.2, -0.15) is 13.2 Å². The lowest BCUT2D eigenvalue weighted by Crippen LogP contribution is -2.16. The first kappa shape index (κ1) is 13.5. The molecule has 1 heterocycles. The molecular weight excluding hydrogens is 259 g/mol. The van der Waals surface area contributed by atoms with Crippen LogP contribution in [0.1, 0.15) is 17.2 Å². The third-order valence-corrected chi connectivity index (χ3v) is 2.83. The van der Waals surface area contributed by atoms with Crippen LogP contribution < -0.4 is 0 Å². The fourth-order valence-electron chi connectivity index (χ4n) is 1.86. The molecule has 1 atom stereocenters. The summed E-state index contributed by atoms with van der Waals surface area (Å²) in [5.41, 5.74) is 0.402. The lowest BCUT2D eigenvalue weighted by molar-refractivity contribution is -0.140. The number of carbonyl (C=O) groups excluding carboxylic acids is 1. The highest BCUT2D eigenvalue weighted by atomic mass is 19.4. The maximum atomic E-state index is 12.5. The van der Waals surface area contributed by atoms with E-state index in [4.69, 9.17) is 4.74 Å². The number of hydrogen-bond donors (Lipinski definition) is 0. The topological polar surface area (TPSA) is 29.5 Å². The number of hydrogen-bond acceptors (Lipinski definition) is 3. The molecule has 0 aromatic heterocycles. The zero-order valence-electron chi connectivity index (χ0n) is 10.4. The molecule has 0 bridgehead atoms. The highest BCUT2D eigenvalue weighted by Crippen LogP contribution is 2.34. The number of cyclic esters (lactones) is 1. The first-order valence-corrected chi connectivity index (χ1v) is 5.55. The molecule has 1 aromatic rings. The summed E-state index contributed by atoms with van der Waals surface area (Å²) < 4.78 is 42.5. The number of rotatable bonds is 2. The number of ether oxygens (including phenoxy) is 1. The number of benzene rings is 1. The Bertz CT molecular complexity index is 518. The third-order valence-electron chi connectivity index (χ3n) is 2.83. The molecule has 1 unspecified atom stereocenters. The zero-order valence-corrected chi connectivity index (χ0v) is 10.4. The van der Waals surface area contributed by atoms with E-state index in [2.05, 4.69) is 0 Å². The molecule has 102 valence electrons. The molecule has 1 aliphatic rings. The fraction of sp³-hybridized carbons (Fsp3) is 0.308. The van der Waals surface area contributed by atoms with Gasteiger partial charge >= 0.3 is 12.1 Å². The second-order valence-electron chi connectivity index (χ2n) is 4.40. The maximum absolute atomic E-state index is 12.5. The van der Waals surface area contributed by atoms with Crippen LogP contribution in [0.25, 0.3) is 0 Å². The van der Waals surface area contributed by atoms with Gasteiger partial charge in [0.1, 0.15) is 0 Å². The van der Waals surface area contributed by atoms with E-state index >= 15 is 0 Å². The summed E-state index contributed by atoms with van der Waals surface area (Å²) in [5.74, 6) is -0.492. The van der Waals surface area contributed by atoms with Gasteiger partial charge in [-0.05, 0) is 17.7 Å². The van der Waals surface area contributed by atoms with Crippen LogP contribution in [0.2, 0.25) is 0 Å². The Morgan fingerprint density at radius 1 is 1.16 bits per heavy atom. The fourth-order valence-corrected chi connectivity index (χ4v) is 1.86. The van der Waals surface area contributed by atoms with Gasteiger partial charge in [0.2, 0.25) is 0 Å². The quantitative estimate of drug-likeness (QED) is 0.775. The van der Waals surface area contributed by atoms with Crippen LogP contribution >= 0.6 is 0 Å². The number of likely N-dealkylation sites (N-methyl/N-ethyl adjacent to an activating group) is 1. The minimum Gasteiger partial charge on any atom is -0.448 e. The Labute approximate surface area is 108 Å². The van der Waals surface area contributed by atoms with Crippen LogP contribution in [0.5, 0.6) is 0 Å². The molecule has 19 heavy (non-hydrogen) atoms. The Kier molecular flexibility index (Phi) is 3.26. The summed E-state index contributed by atoms with van der Waals surface area (Å²) in [5, 5.41) is 0. The van der Waals surface area contributed by atoms with E-state index < -0.39 is 23.8 Å². The van der Waals surface area contributed by atoms with Gasteiger partial charge in [-0.25, -0.2) is 4.79 Å². The molecule has 1 aliphatic heterocycles. The van der Waals surface area contributed by atoms with Crippen LogP contribution in [-0.2, 0) is 15.7 Å². The molecule has 6 heteroatoms. The zero-order chi connectivity index (χ0) is 14.2. The molecule has 0 N–H and O–H groups in total. The summed E-state index contributed by atoms with van der Waals surface area (Å²) in [7, 11) is 3.48. The second-order valence-corrected chi connectivity index (χ2v) is 4.40. The SMILES string of the molecule is CN(C)C1=CC(=O)OC1c1ccc(C(F)(F)F)cc1. The monoisotopic (exact) mass is 271 g/mol. The third kappa shape index (κ3) is 2.72. The highest BCUT2D eigenvalue weighted by molar-refractivity contribution is 5.85. The number of halogens is 3. The van der Waals surface area contributed by atoms with E-state index in [0.29, 0.717) is 11.3 Å². The number of alkyl halides is 3. The average Bonchev–Trinajstić information content (AvgIpc) is 2.70. The van der Waals surface area contributed by atoms with Gasteiger partial charge in [-0.1, -0.05) is 12.1 Å². The Hall–Kier alpha value is -1.98. The second kappa shape index (κ2) is 4.60. The molecule has 0 aliphatic carbocycles. The van der Waals surface area contributed by atoms with Gasteiger partial charge in [0.05, 0.1) is 11.3 Å². The summed E-state index contributed by atoms with van der Waals surface area (Å²) in [6.45, 7) is 0.